The minimum Gasteiger partial charge on any atom is -0.495 e. The van der Waals surface area contributed by atoms with Gasteiger partial charge in [-0.1, -0.05) is 59.4 Å². The zero-order valence-corrected chi connectivity index (χ0v) is 18.8. The molecular formula is C25H24N2O3S. The molecule has 1 aromatic heterocycles. The van der Waals surface area contributed by atoms with E-state index in [1.165, 1.54) is 11.3 Å². The average molecular weight is 433 g/mol. The first kappa shape index (κ1) is 20.9. The van der Waals surface area contributed by atoms with Crippen LogP contribution >= 0.6 is 11.3 Å². The lowest BCUT2D eigenvalue weighted by Gasteiger charge is -2.21. The molecule has 0 fully saturated rings. The van der Waals surface area contributed by atoms with Crippen LogP contribution in [-0.2, 0) is 6.54 Å². The summed E-state index contributed by atoms with van der Waals surface area (Å²) < 4.78 is 11.9. The van der Waals surface area contributed by atoms with Crippen molar-refractivity contribution in [2.24, 2.45) is 0 Å². The summed E-state index contributed by atoms with van der Waals surface area (Å²) in [5.74, 6) is 1.27. The molecule has 0 aliphatic rings. The molecule has 4 rings (SSSR count). The van der Waals surface area contributed by atoms with Gasteiger partial charge in [-0.15, -0.1) is 0 Å². The van der Waals surface area contributed by atoms with E-state index in [9.17, 15) is 4.79 Å². The fourth-order valence-corrected chi connectivity index (χ4v) is 4.65. The zero-order valence-electron chi connectivity index (χ0n) is 18.0. The maximum atomic E-state index is 13.7. The summed E-state index contributed by atoms with van der Waals surface area (Å²) in [4.78, 5) is 20.2. The van der Waals surface area contributed by atoms with Gasteiger partial charge in [0.05, 0.1) is 20.8 Å². The quantitative estimate of drug-likeness (QED) is 0.388. The Hall–Kier alpha value is -3.38. The normalized spacial score (nSPS) is 10.8. The summed E-state index contributed by atoms with van der Waals surface area (Å²) in [5, 5.41) is 0.603. The van der Waals surface area contributed by atoms with E-state index in [0.717, 1.165) is 21.4 Å². The van der Waals surface area contributed by atoms with Crippen LogP contribution in [0.15, 0.2) is 60.7 Å². The van der Waals surface area contributed by atoms with Crippen molar-refractivity contribution in [1.82, 2.24) is 4.98 Å². The average Bonchev–Trinajstić information content (AvgIpc) is 3.22. The molecule has 1 amide bonds. The van der Waals surface area contributed by atoms with Gasteiger partial charge in [-0.25, -0.2) is 4.98 Å². The van der Waals surface area contributed by atoms with Crippen LogP contribution in [0.25, 0.3) is 10.2 Å². The number of nitrogens with zero attached hydrogens (tertiary/aromatic N) is 2. The Morgan fingerprint density at radius 2 is 1.68 bits per heavy atom. The number of anilines is 1. The molecular weight excluding hydrogens is 408 g/mol. The van der Waals surface area contributed by atoms with Crippen LogP contribution in [0.1, 0.15) is 27.0 Å². The van der Waals surface area contributed by atoms with Crippen LogP contribution < -0.4 is 14.4 Å². The van der Waals surface area contributed by atoms with Crippen LogP contribution in [0.5, 0.6) is 11.5 Å². The summed E-state index contributed by atoms with van der Waals surface area (Å²) >= 11 is 1.43. The van der Waals surface area contributed by atoms with Crippen LogP contribution in [0, 0.1) is 13.8 Å². The van der Waals surface area contributed by atoms with Gasteiger partial charge in [0.1, 0.15) is 21.7 Å². The highest BCUT2D eigenvalue weighted by atomic mass is 32.1. The number of ether oxygens (including phenoxy) is 2. The molecule has 0 saturated carbocycles. The predicted molar refractivity (Wildman–Crippen MR) is 126 cm³/mol. The Bertz CT molecular complexity index is 1190. The van der Waals surface area contributed by atoms with Gasteiger partial charge in [-0.3, -0.25) is 9.69 Å². The van der Waals surface area contributed by atoms with Crippen LogP contribution in [0.4, 0.5) is 5.13 Å². The predicted octanol–water partition coefficient (Wildman–Crippen LogP) is 5.78. The fourth-order valence-electron chi connectivity index (χ4n) is 3.58. The molecule has 1 heterocycles. The number of carbonyl (C=O) groups is 1. The summed E-state index contributed by atoms with van der Waals surface area (Å²) in [5.41, 5.74) is 4.45. The van der Waals surface area contributed by atoms with Gasteiger partial charge in [0.25, 0.3) is 5.91 Å². The molecule has 0 bridgehead atoms. The molecule has 0 atom stereocenters. The number of carbonyl (C=O) groups excluding carboxylic acids is 1. The van der Waals surface area contributed by atoms with E-state index < -0.39 is 0 Å². The van der Waals surface area contributed by atoms with Crippen LogP contribution in [0.2, 0.25) is 0 Å². The van der Waals surface area contributed by atoms with Gasteiger partial charge in [0, 0.05) is 5.56 Å². The van der Waals surface area contributed by atoms with Crippen LogP contribution in [-0.4, -0.2) is 25.1 Å². The number of hydrogen-bond donors (Lipinski definition) is 0. The van der Waals surface area contributed by atoms with E-state index in [2.05, 4.69) is 0 Å². The summed E-state index contributed by atoms with van der Waals surface area (Å²) in [6, 6.07) is 19.5. The Labute approximate surface area is 185 Å². The van der Waals surface area contributed by atoms with Gasteiger partial charge in [-0.2, -0.15) is 0 Å². The molecule has 5 nitrogen and oxygen atoms in total. The molecule has 0 aliphatic carbocycles. The highest BCUT2D eigenvalue weighted by molar-refractivity contribution is 7.22. The molecule has 0 radical (unpaired) electrons. The Morgan fingerprint density at radius 3 is 2.35 bits per heavy atom. The van der Waals surface area contributed by atoms with E-state index >= 15 is 0 Å². The number of rotatable bonds is 6. The molecule has 4 aromatic rings. The van der Waals surface area contributed by atoms with Crippen molar-refractivity contribution in [3.05, 3.63) is 82.9 Å². The molecule has 0 aliphatic heterocycles. The zero-order chi connectivity index (χ0) is 22.0. The lowest BCUT2D eigenvalue weighted by Crippen LogP contribution is -2.31. The van der Waals surface area contributed by atoms with E-state index in [4.69, 9.17) is 14.5 Å². The second-order valence-electron chi connectivity index (χ2n) is 7.34. The summed E-state index contributed by atoms with van der Waals surface area (Å²) in [6.07, 6.45) is 0. The number of hydrogen-bond acceptors (Lipinski definition) is 5. The molecule has 0 N–H and O–H groups in total. The van der Waals surface area contributed by atoms with Crippen molar-refractivity contribution in [2.75, 3.05) is 19.1 Å². The van der Waals surface area contributed by atoms with Gasteiger partial charge < -0.3 is 9.47 Å². The fraction of sp³-hybridized carbons (Fsp3) is 0.200. The minimum absolute atomic E-state index is 0.0849. The van der Waals surface area contributed by atoms with Gasteiger partial charge in [0.15, 0.2) is 5.13 Å². The first-order valence-corrected chi connectivity index (χ1v) is 10.8. The standard InChI is InChI=1S/C25H24N2O3S/c1-16-10-11-19(17(2)14-16)24(28)27(15-18-8-6-5-7-9-18)25-26-22-20(29-3)12-13-21(30-4)23(22)31-25/h5-14H,15H2,1-4H3. The second kappa shape index (κ2) is 8.78. The van der Waals surface area contributed by atoms with Crippen molar-refractivity contribution in [3.8, 4) is 11.5 Å². The highest BCUT2D eigenvalue weighted by Gasteiger charge is 2.25. The SMILES string of the molecule is COc1ccc(OC)c2sc(N(Cc3ccccc3)C(=O)c3ccc(C)cc3C)nc12. The Morgan fingerprint density at radius 1 is 0.968 bits per heavy atom. The van der Waals surface area contributed by atoms with Crippen molar-refractivity contribution in [1.29, 1.82) is 0 Å². The number of benzene rings is 3. The van der Waals surface area contributed by atoms with E-state index in [0.29, 0.717) is 34.3 Å². The molecule has 31 heavy (non-hydrogen) atoms. The summed E-state index contributed by atoms with van der Waals surface area (Å²) in [6.45, 7) is 4.40. The maximum absolute atomic E-state index is 13.7. The van der Waals surface area contributed by atoms with Crippen LogP contribution in [0.3, 0.4) is 0 Å². The van der Waals surface area contributed by atoms with E-state index in [1.807, 2.05) is 74.5 Å². The monoisotopic (exact) mass is 432 g/mol. The summed E-state index contributed by atoms with van der Waals surface area (Å²) in [7, 11) is 3.24. The number of methoxy groups -OCH3 is 2. The molecule has 6 heteroatoms. The molecule has 0 spiro atoms. The number of thiazole rings is 1. The third kappa shape index (κ3) is 4.11. The third-order valence-corrected chi connectivity index (χ3v) is 6.26. The van der Waals surface area contributed by atoms with Crippen molar-refractivity contribution >= 4 is 32.6 Å². The largest absolute Gasteiger partial charge is 0.495 e. The third-order valence-electron chi connectivity index (χ3n) is 5.17. The Balaban J connectivity index is 1.85. The molecule has 0 saturated heterocycles. The minimum atomic E-state index is -0.0849. The van der Waals surface area contributed by atoms with Crippen molar-refractivity contribution < 1.29 is 14.3 Å². The van der Waals surface area contributed by atoms with E-state index in [1.54, 1.807) is 19.1 Å². The van der Waals surface area contributed by atoms with E-state index in [-0.39, 0.29) is 5.91 Å². The number of fused-ring (bicyclic) bond motifs is 1. The molecule has 3 aromatic carbocycles. The Kier molecular flexibility index (Phi) is 5.91. The topological polar surface area (TPSA) is 51.7 Å². The molecule has 158 valence electrons. The highest BCUT2D eigenvalue weighted by Crippen LogP contribution is 2.40. The van der Waals surface area contributed by atoms with Gasteiger partial charge in [0.2, 0.25) is 0 Å². The van der Waals surface area contributed by atoms with Gasteiger partial charge in [-0.05, 0) is 43.2 Å². The lowest BCUT2D eigenvalue weighted by atomic mass is 10.0. The van der Waals surface area contributed by atoms with Crippen molar-refractivity contribution in [2.45, 2.75) is 20.4 Å². The number of amides is 1. The second-order valence-corrected chi connectivity index (χ2v) is 8.32. The van der Waals surface area contributed by atoms with Crippen molar-refractivity contribution in [3.63, 3.8) is 0 Å². The van der Waals surface area contributed by atoms with Gasteiger partial charge >= 0.3 is 0 Å². The molecule has 0 unspecified atom stereocenters. The first-order valence-electron chi connectivity index (χ1n) is 9.96. The lowest BCUT2D eigenvalue weighted by molar-refractivity contribution is 0.0984. The smallest absolute Gasteiger partial charge is 0.260 e. The maximum Gasteiger partial charge on any atom is 0.260 e. The first-order chi connectivity index (χ1) is 15.0. The number of aryl methyl sites for hydroxylation is 2. The number of aromatic nitrogens is 1.